The van der Waals surface area contributed by atoms with Crippen molar-refractivity contribution in [1.82, 2.24) is 9.62 Å². The van der Waals surface area contributed by atoms with E-state index in [9.17, 15) is 8.42 Å². The Bertz CT molecular complexity index is 489. The highest BCUT2D eigenvalue weighted by Gasteiger charge is 2.19. The van der Waals surface area contributed by atoms with Crippen molar-refractivity contribution >= 4 is 26.0 Å². The highest BCUT2D eigenvalue weighted by atomic mass is 79.9. The van der Waals surface area contributed by atoms with Crippen molar-refractivity contribution in [1.29, 1.82) is 0 Å². The van der Waals surface area contributed by atoms with Crippen molar-refractivity contribution in [3.8, 4) is 0 Å². The third-order valence-corrected chi connectivity index (χ3v) is 5.09. The molecule has 0 spiro atoms. The van der Waals surface area contributed by atoms with Gasteiger partial charge in [0.1, 0.15) is 0 Å². The molecule has 0 heterocycles. The number of rotatable bonds is 6. The molecule has 0 aliphatic rings. The third kappa shape index (κ3) is 4.68. The van der Waals surface area contributed by atoms with Gasteiger partial charge in [-0.25, -0.2) is 13.1 Å². The van der Waals surface area contributed by atoms with E-state index in [4.69, 9.17) is 0 Å². The van der Waals surface area contributed by atoms with Crippen LogP contribution in [0.3, 0.4) is 0 Å². The first-order valence-corrected chi connectivity index (χ1v) is 8.02. The maximum absolute atomic E-state index is 12.2. The molecule has 1 atom stereocenters. The van der Waals surface area contributed by atoms with Crippen LogP contribution in [0.25, 0.3) is 0 Å². The van der Waals surface area contributed by atoms with Crippen LogP contribution in [0, 0.1) is 0 Å². The molecule has 0 fully saturated rings. The molecule has 0 saturated carbocycles. The van der Waals surface area contributed by atoms with E-state index in [0.29, 0.717) is 4.47 Å². The number of nitrogens with zero attached hydrogens (tertiary/aromatic N) is 1. The molecule has 0 saturated heterocycles. The summed E-state index contributed by atoms with van der Waals surface area (Å²) in [6.07, 6.45) is 0.774. The summed E-state index contributed by atoms with van der Waals surface area (Å²) >= 11 is 3.26. The van der Waals surface area contributed by atoms with E-state index < -0.39 is 10.0 Å². The summed E-state index contributed by atoms with van der Waals surface area (Å²) in [5.74, 6) is 0. The van der Waals surface area contributed by atoms with Crippen LogP contribution >= 0.6 is 15.9 Å². The predicted octanol–water partition coefficient (Wildman–Crippen LogP) is 2.07. The minimum Gasteiger partial charge on any atom is -0.309 e. The molecule has 0 aromatic heterocycles. The summed E-state index contributed by atoms with van der Waals surface area (Å²) in [6, 6.07) is 6.72. The van der Waals surface area contributed by atoms with Gasteiger partial charge in [-0.1, -0.05) is 12.1 Å². The van der Waals surface area contributed by atoms with Crippen LogP contribution < -0.4 is 4.72 Å². The SMILES string of the molecule is CC(CCN(C)C)NS(=O)(=O)c1ccccc1Br. The fourth-order valence-corrected chi connectivity index (χ4v) is 3.78. The standard InChI is InChI=1S/C12H19BrN2O2S/c1-10(8-9-15(2)3)14-18(16,17)12-7-5-4-6-11(12)13/h4-7,10,14H,8-9H2,1-3H3. The maximum atomic E-state index is 12.2. The monoisotopic (exact) mass is 334 g/mol. The van der Waals surface area contributed by atoms with Gasteiger partial charge in [0.25, 0.3) is 0 Å². The summed E-state index contributed by atoms with van der Waals surface area (Å²) in [5, 5.41) is 0. The van der Waals surface area contributed by atoms with Gasteiger partial charge in [0, 0.05) is 10.5 Å². The highest BCUT2D eigenvalue weighted by Crippen LogP contribution is 2.21. The molecule has 1 aromatic rings. The Morgan fingerprint density at radius 2 is 1.94 bits per heavy atom. The van der Waals surface area contributed by atoms with Crippen LogP contribution in [-0.4, -0.2) is 40.0 Å². The molecule has 0 bridgehead atoms. The molecule has 0 radical (unpaired) electrons. The van der Waals surface area contributed by atoms with Crippen molar-refractivity contribution in [2.45, 2.75) is 24.3 Å². The van der Waals surface area contributed by atoms with Crippen molar-refractivity contribution < 1.29 is 8.42 Å². The molecule has 1 N–H and O–H groups in total. The minimum absolute atomic E-state index is 0.0930. The molecule has 1 unspecified atom stereocenters. The second kappa shape index (κ2) is 6.65. The molecule has 0 aliphatic carbocycles. The van der Waals surface area contributed by atoms with E-state index >= 15 is 0 Å². The Balaban J connectivity index is 2.74. The van der Waals surface area contributed by atoms with Gasteiger partial charge in [-0.05, 0) is 62.0 Å². The van der Waals surface area contributed by atoms with Crippen molar-refractivity contribution in [3.05, 3.63) is 28.7 Å². The molecule has 0 aliphatic heterocycles. The third-order valence-electron chi connectivity index (χ3n) is 2.49. The smallest absolute Gasteiger partial charge is 0.241 e. The lowest BCUT2D eigenvalue weighted by molar-refractivity contribution is 0.379. The lowest BCUT2D eigenvalue weighted by atomic mass is 10.2. The van der Waals surface area contributed by atoms with Crippen molar-refractivity contribution in [2.24, 2.45) is 0 Å². The zero-order valence-corrected chi connectivity index (χ0v) is 13.3. The quantitative estimate of drug-likeness (QED) is 0.866. The fraction of sp³-hybridized carbons (Fsp3) is 0.500. The van der Waals surface area contributed by atoms with E-state index in [1.807, 2.05) is 25.9 Å². The summed E-state index contributed by atoms with van der Waals surface area (Å²) in [5.41, 5.74) is 0. The van der Waals surface area contributed by atoms with Gasteiger partial charge in [-0.15, -0.1) is 0 Å². The first-order valence-electron chi connectivity index (χ1n) is 5.74. The van der Waals surface area contributed by atoms with Gasteiger partial charge < -0.3 is 4.90 Å². The number of halogens is 1. The number of hydrogen-bond donors (Lipinski definition) is 1. The molecular formula is C12H19BrN2O2S. The Labute approximate surface area is 118 Å². The second-order valence-corrected chi connectivity index (χ2v) is 7.08. The summed E-state index contributed by atoms with van der Waals surface area (Å²) in [6.45, 7) is 2.72. The summed E-state index contributed by atoms with van der Waals surface area (Å²) < 4.78 is 27.6. The van der Waals surface area contributed by atoms with Crippen molar-refractivity contribution in [3.63, 3.8) is 0 Å². The topological polar surface area (TPSA) is 49.4 Å². The van der Waals surface area contributed by atoms with E-state index in [2.05, 4.69) is 20.7 Å². The molecule has 6 heteroatoms. The van der Waals surface area contributed by atoms with Crippen LogP contribution in [0.15, 0.2) is 33.6 Å². The maximum Gasteiger partial charge on any atom is 0.241 e. The molecular weight excluding hydrogens is 316 g/mol. The lowest BCUT2D eigenvalue weighted by Gasteiger charge is -2.17. The van der Waals surface area contributed by atoms with Crippen molar-refractivity contribution in [2.75, 3.05) is 20.6 Å². The molecule has 1 aromatic carbocycles. The van der Waals surface area contributed by atoms with Gasteiger partial charge >= 0.3 is 0 Å². The van der Waals surface area contributed by atoms with E-state index in [-0.39, 0.29) is 10.9 Å². The van der Waals surface area contributed by atoms with Crippen LogP contribution in [0.1, 0.15) is 13.3 Å². The van der Waals surface area contributed by atoms with Gasteiger partial charge in [-0.2, -0.15) is 0 Å². The lowest BCUT2D eigenvalue weighted by Crippen LogP contribution is -2.34. The fourth-order valence-electron chi connectivity index (χ4n) is 1.50. The van der Waals surface area contributed by atoms with Gasteiger partial charge in [-0.3, -0.25) is 0 Å². The normalized spacial score (nSPS) is 13.8. The summed E-state index contributed by atoms with van der Waals surface area (Å²) in [4.78, 5) is 2.31. The van der Waals surface area contributed by atoms with Gasteiger partial charge in [0.2, 0.25) is 10.0 Å². The zero-order valence-electron chi connectivity index (χ0n) is 10.9. The van der Waals surface area contributed by atoms with Crippen LogP contribution in [0.2, 0.25) is 0 Å². The number of sulfonamides is 1. The van der Waals surface area contributed by atoms with Crippen LogP contribution in [0.5, 0.6) is 0 Å². The highest BCUT2D eigenvalue weighted by molar-refractivity contribution is 9.10. The Hall–Kier alpha value is -0.430. The number of nitrogens with one attached hydrogen (secondary N) is 1. The number of benzene rings is 1. The Morgan fingerprint density at radius 3 is 2.50 bits per heavy atom. The predicted molar refractivity (Wildman–Crippen MR) is 77.1 cm³/mol. The van der Waals surface area contributed by atoms with Gasteiger partial charge in [0.05, 0.1) is 4.90 Å². The minimum atomic E-state index is -3.45. The largest absolute Gasteiger partial charge is 0.309 e. The first kappa shape index (κ1) is 15.6. The average molecular weight is 335 g/mol. The number of hydrogen-bond acceptors (Lipinski definition) is 3. The van der Waals surface area contributed by atoms with E-state index in [1.165, 1.54) is 0 Å². The Morgan fingerprint density at radius 1 is 1.33 bits per heavy atom. The summed E-state index contributed by atoms with van der Waals surface area (Å²) in [7, 11) is 0.481. The molecule has 18 heavy (non-hydrogen) atoms. The van der Waals surface area contributed by atoms with Gasteiger partial charge in [0.15, 0.2) is 0 Å². The van der Waals surface area contributed by atoms with Crippen LogP contribution in [0.4, 0.5) is 0 Å². The average Bonchev–Trinajstić information content (AvgIpc) is 2.26. The molecule has 102 valence electrons. The van der Waals surface area contributed by atoms with Crippen LogP contribution in [-0.2, 0) is 10.0 Å². The first-order chi connectivity index (χ1) is 8.33. The Kier molecular flexibility index (Phi) is 5.78. The second-order valence-electron chi connectivity index (χ2n) is 4.54. The van der Waals surface area contributed by atoms with E-state index in [1.54, 1.807) is 24.3 Å². The molecule has 0 amide bonds. The molecule has 1 rings (SSSR count). The zero-order chi connectivity index (χ0) is 13.8. The molecule has 4 nitrogen and oxygen atoms in total. The van der Waals surface area contributed by atoms with E-state index in [0.717, 1.165) is 13.0 Å².